The summed E-state index contributed by atoms with van der Waals surface area (Å²) in [6, 6.07) is 78.1. The highest BCUT2D eigenvalue weighted by Crippen LogP contribution is 2.63. The molecule has 316 valence electrons. The molecule has 0 fully saturated rings. The summed E-state index contributed by atoms with van der Waals surface area (Å²) in [5, 5.41) is 0. The van der Waals surface area contributed by atoms with E-state index in [1.54, 1.807) is 0 Å². The van der Waals surface area contributed by atoms with E-state index in [2.05, 4.69) is 240 Å². The van der Waals surface area contributed by atoms with Crippen molar-refractivity contribution < 1.29 is 0 Å². The third-order valence-electron chi connectivity index (χ3n) is 14.9. The van der Waals surface area contributed by atoms with Gasteiger partial charge in [0, 0.05) is 28.2 Å². The standard InChI is InChI=1S/C64H50N2/c1-62(2)52-24-12-11-23-49(52)50-36-34-47(39-59(50)62)46-35-37-53-51(38-46)60-48(22-17-29-58(60)64(53)56-27-15-13-25-54(56)63(3,4)55-26-14-16-28-57(55)64)41-66-61(45-20-9-6-10-21-45)65-40-42-30-32-44(33-31-42)43-18-7-5-8-19-43/h5-39,41H,40H2,1-4H3. The molecule has 0 aromatic heterocycles. The fraction of sp³-hybridized carbons (Fsp3) is 0.125. The van der Waals surface area contributed by atoms with Crippen LogP contribution in [0.2, 0.25) is 0 Å². The summed E-state index contributed by atoms with van der Waals surface area (Å²) in [7, 11) is 0. The monoisotopic (exact) mass is 846 g/mol. The van der Waals surface area contributed by atoms with Gasteiger partial charge in [0.1, 0.15) is 0 Å². The van der Waals surface area contributed by atoms with Crippen molar-refractivity contribution in [1.29, 1.82) is 0 Å². The second-order valence-electron chi connectivity index (χ2n) is 19.3. The Hall–Kier alpha value is -7.68. The van der Waals surface area contributed by atoms with Crippen LogP contribution in [0.5, 0.6) is 0 Å². The van der Waals surface area contributed by atoms with Gasteiger partial charge in [0.05, 0.1) is 12.0 Å². The second-order valence-corrected chi connectivity index (χ2v) is 19.3. The first-order valence-electron chi connectivity index (χ1n) is 23.3. The van der Waals surface area contributed by atoms with E-state index in [-0.39, 0.29) is 10.8 Å². The third kappa shape index (κ3) is 6.01. The lowest BCUT2D eigenvalue weighted by Gasteiger charge is -2.46. The molecule has 0 radical (unpaired) electrons. The minimum atomic E-state index is -0.528. The maximum atomic E-state index is 5.32. The van der Waals surface area contributed by atoms with Gasteiger partial charge in [-0.15, -0.1) is 0 Å². The van der Waals surface area contributed by atoms with Crippen molar-refractivity contribution in [2.75, 3.05) is 0 Å². The van der Waals surface area contributed by atoms with E-state index >= 15 is 0 Å². The van der Waals surface area contributed by atoms with Crippen LogP contribution in [0.25, 0.3) is 44.5 Å². The highest BCUT2D eigenvalue weighted by atomic mass is 14.9. The van der Waals surface area contributed by atoms with Gasteiger partial charge in [-0.25, -0.2) is 4.99 Å². The molecule has 2 heteroatoms. The van der Waals surface area contributed by atoms with E-state index < -0.39 is 5.41 Å². The van der Waals surface area contributed by atoms with Gasteiger partial charge in [-0.3, -0.25) is 4.99 Å². The van der Waals surface area contributed by atoms with Crippen LogP contribution < -0.4 is 0 Å². The van der Waals surface area contributed by atoms with E-state index in [4.69, 9.17) is 9.98 Å². The van der Waals surface area contributed by atoms with Crippen LogP contribution in [-0.2, 0) is 22.8 Å². The van der Waals surface area contributed by atoms with E-state index in [1.165, 1.54) is 89.0 Å². The van der Waals surface area contributed by atoms with Gasteiger partial charge >= 0.3 is 0 Å². The van der Waals surface area contributed by atoms with E-state index in [1.807, 2.05) is 6.07 Å². The lowest BCUT2D eigenvalue weighted by atomic mass is 9.55. The number of benzene rings is 9. The Morgan fingerprint density at radius 2 is 0.924 bits per heavy atom. The number of fused-ring (bicyclic) bond motifs is 12. The largest absolute Gasteiger partial charge is 0.261 e. The molecule has 0 amide bonds. The molecule has 66 heavy (non-hydrogen) atoms. The molecule has 1 spiro atoms. The van der Waals surface area contributed by atoms with E-state index in [9.17, 15) is 0 Å². The molecule has 3 aliphatic rings. The Kier molecular flexibility index (Phi) is 9.19. The average Bonchev–Trinajstić information content (AvgIpc) is 3.79. The van der Waals surface area contributed by atoms with E-state index in [0.717, 1.165) is 16.7 Å². The van der Waals surface area contributed by atoms with Gasteiger partial charge in [0.25, 0.3) is 0 Å². The Morgan fingerprint density at radius 1 is 0.394 bits per heavy atom. The van der Waals surface area contributed by atoms with Crippen LogP contribution in [0, 0.1) is 0 Å². The zero-order valence-corrected chi connectivity index (χ0v) is 37.9. The zero-order chi connectivity index (χ0) is 44.6. The van der Waals surface area contributed by atoms with Gasteiger partial charge in [-0.2, -0.15) is 0 Å². The molecule has 9 aromatic carbocycles. The van der Waals surface area contributed by atoms with Gasteiger partial charge in [-0.05, 0) is 107 Å². The predicted octanol–water partition coefficient (Wildman–Crippen LogP) is 15.4. The van der Waals surface area contributed by atoms with Crippen molar-refractivity contribution in [2.45, 2.75) is 50.5 Å². The summed E-state index contributed by atoms with van der Waals surface area (Å²) in [5.74, 6) is 0.707. The van der Waals surface area contributed by atoms with Gasteiger partial charge in [0.2, 0.25) is 0 Å². The number of hydrogen-bond acceptors (Lipinski definition) is 1. The van der Waals surface area contributed by atoms with Gasteiger partial charge < -0.3 is 0 Å². The average molecular weight is 847 g/mol. The maximum absolute atomic E-state index is 5.32. The SMILES string of the molecule is CC1(C)c2ccccc2-c2ccc(-c3ccc4c(c3)-c3c(C=NC(=NCc5ccc(-c6ccccc6)cc5)c5ccccc5)cccc3C43c4ccccc4C(C)(C)c4ccccc43)cc21. The highest BCUT2D eigenvalue weighted by molar-refractivity contribution is 6.08. The Morgan fingerprint density at radius 3 is 1.64 bits per heavy atom. The van der Waals surface area contributed by atoms with Crippen molar-refractivity contribution in [1.82, 2.24) is 0 Å². The number of rotatable bonds is 6. The Balaban J connectivity index is 1.03. The lowest BCUT2D eigenvalue weighted by Crippen LogP contribution is -2.40. The quantitative estimate of drug-likeness (QED) is 0.118. The summed E-state index contributed by atoms with van der Waals surface area (Å²) in [6.45, 7) is 10.0. The topological polar surface area (TPSA) is 24.7 Å². The van der Waals surface area contributed by atoms with Crippen molar-refractivity contribution >= 4 is 12.1 Å². The van der Waals surface area contributed by atoms with Crippen LogP contribution in [-0.4, -0.2) is 12.1 Å². The van der Waals surface area contributed by atoms with Crippen molar-refractivity contribution in [2.24, 2.45) is 9.98 Å². The first-order valence-corrected chi connectivity index (χ1v) is 23.3. The zero-order valence-electron chi connectivity index (χ0n) is 37.9. The minimum Gasteiger partial charge on any atom is -0.261 e. The summed E-state index contributed by atoms with van der Waals surface area (Å²) >= 11 is 0. The molecule has 2 nitrogen and oxygen atoms in total. The molecule has 0 atom stereocenters. The van der Waals surface area contributed by atoms with Crippen molar-refractivity contribution in [3.63, 3.8) is 0 Å². The first-order chi connectivity index (χ1) is 32.2. The van der Waals surface area contributed by atoms with Crippen molar-refractivity contribution in [3.05, 3.63) is 274 Å². The van der Waals surface area contributed by atoms with Gasteiger partial charge in [0.15, 0.2) is 5.84 Å². The molecule has 12 rings (SSSR count). The van der Waals surface area contributed by atoms with Crippen LogP contribution in [0.3, 0.4) is 0 Å². The summed E-state index contributed by atoms with van der Waals surface area (Å²) in [5.41, 5.74) is 23.2. The fourth-order valence-electron chi connectivity index (χ4n) is 11.7. The van der Waals surface area contributed by atoms with Gasteiger partial charge in [-0.1, -0.05) is 228 Å². The Labute approximate surface area is 388 Å². The number of hydrogen-bond donors (Lipinski definition) is 0. The molecule has 0 bridgehead atoms. The molecule has 0 N–H and O–H groups in total. The van der Waals surface area contributed by atoms with Crippen LogP contribution in [0.4, 0.5) is 0 Å². The minimum absolute atomic E-state index is 0.0924. The van der Waals surface area contributed by atoms with Crippen molar-refractivity contribution in [3.8, 4) is 44.5 Å². The summed E-state index contributed by atoms with van der Waals surface area (Å²) in [4.78, 5) is 10.5. The first kappa shape index (κ1) is 39.9. The second kappa shape index (κ2) is 15.2. The number of amidine groups is 1. The number of aliphatic imine (C=N–C) groups is 2. The molecule has 0 aliphatic heterocycles. The molecular weight excluding hydrogens is 797 g/mol. The molecule has 0 saturated heterocycles. The lowest BCUT2D eigenvalue weighted by molar-refractivity contribution is 0.563. The molecule has 0 saturated carbocycles. The molecule has 3 aliphatic carbocycles. The molecule has 0 heterocycles. The maximum Gasteiger partial charge on any atom is 0.154 e. The molecule has 0 unspecified atom stereocenters. The summed E-state index contributed by atoms with van der Waals surface area (Å²) < 4.78 is 0. The molecular formula is C64H50N2. The number of nitrogens with zero attached hydrogens (tertiary/aromatic N) is 2. The third-order valence-corrected chi connectivity index (χ3v) is 14.9. The van der Waals surface area contributed by atoms with Crippen LogP contribution in [0.1, 0.15) is 88.9 Å². The van der Waals surface area contributed by atoms with Crippen LogP contribution in [0.15, 0.2) is 222 Å². The molecule has 9 aromatic rings. The van der Waals surface area contributed by atoms with E-state index in [0.29, 0.717) is 12.4 Å². The predicted molar refractivity (Wildman–Crippen MR) is 275 cm³/mol. The normalized spacial score (nSPS) is 15.4. The van der Waals surface area contributed by atoms with Crippen LogP contribution >= 0.6 is 0 Å². The Bertz CT molecular complexity index is 3370. The summed E-state index contributed by atoms with van der Waals surface area (Å²) in [6.07, 6.45) is 2.07. The smallest absolute Gasteiger partial charge is 0.154 e. The highest BCUT2D eigenvalue weighted by Gasteiger charge is 2.53. The fourth-order valence-corrected chi connectivity index (χ4v) is 11.7.